The van der Waals surface area contributed by atoms with E-state index in [1.54, 1.807) is 49.0 Å². The van der Waals surface area contributed by atoms with Crippen LogP contribution in [0.2, 0.25) is 0 Å². The van der Waals surface area contributed by atoms with Crippen LogP contribution in [0.15, 0.2) is 35.3 Å². The predicted molar refractivity (Wildman–Crippen MR) is 105 cm³/mol. The van der Waals surface area contributed by atoms with E-state index in [2.05, 4.69) is 15.5 Å². The van der Waals surface area contributed by atoms with Crippen LogP contribution in [0.5, 0.6) is 0 Å². The van der Waals surface area contributed by atoms with E-state index in [-0.39, 0.29) is 17.2 Å². The molecule has 2 heterocycles. The number of amides is 1. The number of hydrogen-bond donors (Lipinski definition) is 1. The summed E-state index contributed by atoms with van der Waals surface area (Å²) in [6.07, 6.45) is 1.74. The minimum atomic E-state index is -0.424. The summed E-state index contributed by atoms with van der Waals surface area (Å²) < 4.78 is 1.60. The highest BCUT2D eigenvalue weighted by molar-refractivity contribution is 6.05. The van der Waals surface area contributed by atoms with Gasteiger partial charge in [-0.2, -0.15) is 15.0 Å². The van der Waals surface area contributed by atoms with Crippen LogP contribution < -0.4 is 10.9 Å². The SMILES string of the molecule is Cc1ccn(C(C)CN(C)C)c(=O)c1C(=O)Nc1ccc2nn(C)nc2c1. The number of anilines is 1. The maximum absolute atomic E-state index is 12.9. The van der Waals surface area contributed by atoms with E-state index in [1.165, 1.54) is 4.80 Å². The Morgan fingerprint density at radius 3 is 2.63 bits per heavy atom. The van der Waals surface area contributed by atoms with Crippen molar-refractivity contribution in [3.8, 4) is 0 Å². The third-order valence-electron chi connectivity index (χ3n) is 4.40. The lowest BCUT2D eigenvalue weighted by Gasteiger charge is -2.20. The molecule has 0 aliphatic heterocycles. The maximum Gasteiger partial charge on any atom is 0.263 e. The summed E-state index contributed by atoms with van der Waals surface area (Å²) in [5.74, 6) is -0.424. The Labute approximate surface area is 157 Å². The van der Waals surface area contributed by atoms with Crippen molar-refractivity contribution in [3.05, 3.63) is 51.9 Å². The number of likely N-dealkylation sites (N-methyl/N-ethyl adjacent to an activating group) is 1. The molecule has 0 aliphatic carbocycles. The maximum atomic E-state index is 12.9. The molecule has 27 heavy (non-hydrogen) atoms. The fourth-order valence-corrected chi connectivity index (χ4v) is 3.17. The van der Waals surface area contributed by atoms with E-state index in [1.807, 2.05) is 25.9 Å². The zero-order valence-electron chi connectivity index (χ0n) is 16.2. The van der Waals surface area contributed by atoms with E-state index in [9.17, 15) is 9.59 Å². The van der Waals surface area contributed by atoms with Crippen molar-refractivity contribution < 1.29 is 4.79 Å². The van der Waals surface area contributed by atoms with Gasteiger partial charge in [0.25, 0.3) is 11.5 Å². The first-order valence-corrected chi connectivity index (χ1v) is 8.75. The zero-order valence-corrected chi connectivity index (χ0v) is 16.2. The molecule has 0 bridgehead atoms. The molecule has 1 atom stereocenters. The van der Waals surface area contributed by atoms with Crippen molar-refractivity contribution >= 4 is 22.6 Å². The first-order chi connectivity index (χ1) is 12.8. The Morgan fingerprint density at radius 1 is 1.22 bits per heavy atom. The second-order valence-corrected chi connectivity index (χ2v) is 7.04. The number of nitrogens with one attached hydrogen (secondary N) is 1. The van der Waals surface area contributed by atoms with Gasteiger partial charge < -0.3 is 14.8 Å². The quantitative estimate of drug-likeness (QED) is 0.742. The average Bonchev–Trinajstić information content (AvgIpc) is 2.93. The fourth-order valence-electron chi connectivity index (χ4n) is 3.17. The van der Waals surface area contributed by atoms with E-state index in [4.69, 9.17) is 0 Å². The summed E-state index contributed by atoms with van der Waals surface area (Å²) in [5.41, 5.74) is 2.50. The van der Waals surface area contributed by atoms with Crippen LogP contribution in [0.3, 0.4) is 0 Å². The third kappa shape index (κ3) is 3.90. The van der Waals surface area contributed by atoms with E-state index >= 15 is 0 Å². The first-order valence-electron chi connectivity index (χ1n) is 8.75. The molecule has 1 N–H and O–H groups in total. The van der Waals surface area contributed by atoms with Crippen LogP contribution in [-0.4, -0.2) is 51.0 Å². The molecule has 3 aromatic rings. The van der Waals surface area contributed by atoms with Gasteiger partial charge in [-0.15, -0.1) is 0 Å². The molecule has 0 spiro atoms. The molecule has 0 radical (unpaired) electrons. The number of rotatable bonds is 5. The van der Waals surface area contributed by atoms with Gasteiger partial charge in [0.15, 0.2) is 0 Å². The summed E-state index contributed by atoms with van der Waals surface area (Å²) >= 11 is 0. The predicted octanol–water partition coefficient (Wildman–Crippen LogP) is 1.81. The highest BCUT2D eigenvalue weighted by atomic mass is 16.2. The van der Waals surface area contributed by atoms with Crippen molar-refractivity contribution in [1.82, 2.24) is 24.5 Å². The molecule has 8 heteroatoms. The minimum absolute atomic E-state index is 0.0457. The van der Waals surface area contributed by atoms with Gasteiger partial charge in [0.2, 0.25) is 0 Å². The molecule has 1 aromatic carbocycles. The van der Waals surface area contributed by atoms with Crippen LogP contribution in [0.4, 0.5) is 5.69 Å². The topological polar surface area (TPSA) is 85.0 Å². The normalized spacial score (nSPS) is 12.5. The molecule has 1 amide bonds. The molecule has 3 rings (SSSR count). The molecular weight excluding hydrogens is 344 g/mol. The largest absolute Gasteiger partial charge is 0.322 e. The van der Waals surface area contributed by atoms with Gasteiger partial charge in [-0.3, -0.25) is 9.59 Å². The van der Waals surface area contributed by atoms with Gasteiger partial charge in [0.05, 0.1) is 0 Å². The van der Waals surface area contributed by atoms with Gasteiger partial charge in [-0.25, -0.2) is 0 Å². The number of pyridine rings is 1. The van der Waals surface area contributed by atoms with Gasteiger partial charge in [0, 0.05) is 31.5 Å². The van der Waals surface area contributed by atoms with Gasteiger partial charge in [-0.05, 0) is 57.8 Å². The minimum Gasteiger partial charge on any atom is -0.322 e. The molecule has 0 aliphatic rings. The first kappa shape index (κ1) is 18.8. The Hall–Kier alpha value is -3.00. The summed E-state index contributed by atoms with van der Waals surface area (Å²) in [4.78, 5) is 29.2. The number of carbonyl (C=O) groups excluding carboxylic acids is 1. The lowest BCUT2D eigenvalue weighted by Crippen LogP contribution is -2.34. The van der Waals surface area contributed by atoms with Crippen molar-refractivity contribution in [3.63, 3.8) is 0 Å². The van der Waals surface area contributed by atoms with Gasteiger partial charge in [0.1, 0.15) is 16.6 Å². The Kier molecular flexibility index (Phi) is 5.09. The third-order valence-corrected chi connectivity index (χ3v) is 4.40. The van der Waals surface area contributed by atoms with Crippen LogP contribution in [0.25, 0.3) is 11.0 Å². The highest BCUT2D eigenvalue weighted by Gasteiger charge is 2.19. The second kappa shape index (κ2) is 7.32. The second-order valence-electron chi connectivity index (χ2n) is 7.04. The van der Waals surface area contributed by atoms with Gasteiger partial charge in [-0.1, -0.05) is 0 Å². The lowest BCUT2D eigenvalue weighted by atomic mass is 10.1. The number of carbonyl (C=O) groups is 1. The Bertz CT molecular complexity index is 1050. The molecule has 0 saturated carbocycles. The van der Waals surface area contributed by atoms with Crippen LogP contribution in [-0.2, 0) is 7.05 Å². The molecule has 2 aromatic heterocycles. The summed E-state index contributed by atoms with van der Waals surface area (Å²) in [6, 6.07) is 7.03. The highest BCUT2D eigenvalue weighted by Crippen LogP contribution is 2.17. The number of nitrogens with zero attached hydrogens (tertiary/aromatic N) is 5. The van der Waals surface area contributed by atoms with Crippen molar-refractivity contribution in [2.24, 2.45) is 7.05 Å². The van der Waals surface area contributed by atoms with Gasteiger partial charge >= 0.3 is 0 Å². The number of aryl methyl sites for hydroxylation is 2. The summed E-state index contributed by atoms with van der Waals surface area (Å²) in [7, 11) is 5.64. The van der Waals surface area contributed by atoms with Crippen molar-refractivity contribution in [2.75, 3.05) is 26.0 Å². The Morgan fingerprint density at radius 2 is 1.93 bits per heavy atom. The number of hydrogen-bond acceptors (Lipinski definition) is 5. The van der Waals surface area contributed by atoms with E-state index in [0.717, 1.165) is 5.52 Å². The molecule has 0 fully saturated rings. The van der Waals surface area contributed by atoms with Crippen molar-refractivity contribution in [1.29, 1.82) is 0 Å². The number of fused-ring (bicyclic) bond motifs is 1. The van der Waals surface area contributed by atoms with E-state index in [0.29, 0.717) is 23.3 Å². The zero-order chi connectivity index (χ0) is 19.7. The van der Waals surface area contributed by atoms with Crippen LogP contribution in [0.1, 0.15) is 28.9 Å². The molecule has 8 nitrogen and oxygen atoms in total. The summed E-state index contributed by atoms with van der Waals surface area (Å²) in [5, 5.41) is 11.3. The fraction of sp³-hybridized carbons (Fsp3) is 0.368. The van der Waals surface area contributed by atoms with Crippen LogP contribution >= 0.6 is 0 Å². The standard InChI is InChI=1S/C19H24N6O2/c1-12-8-9-25(13(2)11-23(3)4)19(27)17(12)18(26)20-14-6-7-15-16(10-14)22-24(5)21-15/h6-10,13H,11H2,1-5H3,(H,20,26). The molecular formula is C19H24N6O2. The monoisotopic (exact) mass is 368 g/mol. The van der Waals surface area contributed by atoms with E-state index < -0.39 is 5.91 Å². The van der Waals surface area contributed by atoms with Crippen molar-refractivity contribution in [2.45, 2.75) is 19.9 Å². The van der Waals surface area contributed by atoms with Crippen LogP contribution in [0, 0.1) is 6.92 Å². The lowest BCUT2D eigenvalue weighted by molar-refractivity contribution is 0.102. The molecule has 0 saturated heterocycles. The number of aromatic nitrogens is 4. The summed E-state index contributed by atoms with van der Waals surface area (Å²) in [6.45, 7) is 4.43. The average molecular weight is 368 g/mol. The molecule has 1 unspecified atom stereocenters. The smallest absolute Gasteiger partial charge is 0.263 e. The molecule has 142 valence electrons. The number of benzene rings is 1. The Balaban J connectivity index is 1.92.